The van der Waals surface area contributed by atoms with E-state index < -0.39 is 0 Å². The molecule has 1 aromatic heterocycles. The fraction of sp³-hybridized carbons (Fsp3) is 0.304. The number of allylic oxidation sites excluding steroid dienone is 1. The molecule has 1 heterocycles. The Hall–Kier alpha value is -2.28. The number of hydrogen-bond acceptors (Lipinski definition) is 1. The molecule has 0 aromatic carbocycles. The van der Waals surface area contributed by atoms with Crippen molar-refractivity contribution in [1.29, 1.82) is 0 Å². The lowest BCUT2D eigenvalue weighted by molar-refractivity contribution is 0.553. The second-order valence-electron chi connectivity index (χ2n) is 7.20. The van der Waals surface area contributed by atoms with Crippen molar-refractivity contribution in [1.82, 2.24) is 0 Å². The smallest absolute Gasteiger partial charge is 0.134 e. The van der Waals surface area contributed by atoms with Crippen LogP contribution in [0.4, 0.5) is 0 Å². The third-order valence-corrected chi connectivity index (χ3v) is 4.76. The van der Waals surface area contributed by atoms with E-state index in [4.69, 9.17) is 4.42 Å². The van der Waals surface area contributed by atoms with Crippen molar-refractivity contribution in [2.45, 2.75) is 47.5 Å². The molecule has 1 heteroatoms. The molecule has 0 saturated carbocycles. The molecule has 2 aliphatic carbocycles. The number of hydrogen-bond donors (Lipinski definition) is 0. The topological polar surface area (TPSA) is 13.1 Å². The second-order valence-corrected chi connectivity index (χ2v) is 7.20. The van der Waals surface area contributed by atoms with Crippen LogP contribution in [-0.2, 0) is 0 Å². The van der Waals surface area contributed by atoms with Crippen LogP contribution in [-0.4, -0.2) is 0 Å². The largest absolute Gasteiger partial charge is 0.464 e. The molecule has 2 aliphatic rings. The van der Waals surface area contributed by atoms with Gasteiger partial charge in [-0.3, -0.25) is 0 Å². The van der Waals surface area contributed by atoms with Crippen LogP contribution in [0.3, 0.4) is 0 Å². The molecule has 1 aromatic rings. The summed E-state index contributed by atoms with van der Waals surface area (Å²) in [5.41, 5.74) is 10.5. The average molecular weight is 318 g/mol. The molecular weight excluding hydrogens is 292 g/mol. The third-order valence-electron chi connectivity index (χ3n) is 4.76. The fourth-order valence-corrected chi connectivity index (χ4v) is 3.46. The molecule has 0 bridgehead atoms. The van der Waals surface area contributed by atoms with Crippen LogP contribution in [0.2, 0.25) is 0 Å². The predicted octanol–water partition coefficient (Wildman–Crippen LogP) is 6.97. The van der Waals surface area contributed by atoms with Gasteiger partial charge in [0.15, 0.2) is 0 Å². The highest BCUT2D eigenvalue weighted by Crippen LogP contribution is 2.42. The summed E-state index contributed by atoms with van der Waals surface area (Å²) in [7, 11) is 0. The van der Waals surface area contributed by atoms with Crippen LogP contribution in [0.25, 0.3) is 16.7 Å². The summed E-state index contributed by atoms with van der Waals surface area (Å²) in [4.78, 5) is 0. The van der Waals surface area contributed by atoms with E-state index in [0.717, 1.165) is 5.76 Å². The van der Waals surface area contributed by atoms with E-state index in [1.165, 1.54) is 44.5 Å². The fourth-order valence-electron chi connectivity index (χ4n) is 3.46. The van der Waals surface area contributed by atoms with Crippen LogP contribution < -0.4 is 0 Å². The molecule has 124 valence electrons. The molecule has 0 spiro atoms. The van der Waals surface area contributed by atoms with Gasteiger partial charge in [0.25, 0.3) is 0 Å². The molecule has 0 N–H and O–H groups in total. The van der Waals surface area contributed by atoms with Gasteiger partial charge < -0.3 is 4.42 Å². The van der Waals surface area contributed by atoms with Crippen molar-refractivity contribution >= 4 is 5.57 Å². The Bertz CT molecular complexity index is 859. The van der Waals surface area contributed by atoms with E-state index in [-0.39, 0.29) is 0 Å². The molecule has 0 atom stereocenters. The van der Waals surface area contributed by atoms with Crippen LogP contribution in [0.15, 0.2) is 52.7 Å². The van der Waals surface area contributed by atoms with Crippen molar-refractivity contribution in [3.05, 3.63) is 76.2 Å². The Morgan fingerprint density at radius 2 is 1.71 bits per heavy atom. The minimum atomic E-state index is 0.519. The molecule has 24 heavy (non-hydrogen) atoms. The first-order valence-corrected chi connectivity index (χ1v) is 8.65. The molecule has 0 aliphatic heterocycles. The minimum absolute atomic E-state index is 0.519. The zero-order valence-electron chi connectivity index (χ0n) is 15.5. The van der Waals surface area contributed by atoms with E-state index >= 15 is 0 Å². The molecule has 0 amide bonds. The normalized spacial score (nSPS) is 11.3. The summed E-state index contributed by atoms with van der Waals surface area (Å²) in [5, 5.41) is 0. The van der Waals surface area contributed by atoms with Gasteiger partial charge in [0.1, 0.15) is 5.76 Å². The van der Waals surface area contributed by atoms with Gasteiger partial charge in [0, 0.05) is 5.57 Å². The summed E-state index contributed by atoms with van der Waals surface area (Å²) < 4.78 is 5.74. The van der Waals surface area contributed by atoms with Crippen molar-refractivity contribution in [3.8, 4) is 11.1 Å². The third kappa shape index (κ3) is 2.80. The predicted molar refractivity (Wildman–Crippen MR) is 103 cm³/mol. The zero-order valence-corrected chi connectivity index (χ0v) is 15.5. The first-order chi connectivity index (χ1) is 11.4. The van der Waals surface area contributed by atoms with Crippen LogP contribution in [0, 0.1) is 13.8 Å². The summed E-state index contributed by atoms with van der Waals surface area (Å²) in [6.45, 7) is 13.2. The monoisotopic (exact) mass is 318 g/mol. The average Bonchev–Trinajstić information content (AvgIpc) is 3.07. The van der Waals surface area contributed by atoms with E-state index in [9.17, 15) is 0 Å². The number of furan rings is 1. The lowest BCUT2D eigenvalue weighted by atomic mass is 9.94. The highest BCUT2D eigenvalue weighted by molar-refractivity contribution is 5.93. The van der Waals surface area contributed by atoms with E-state index in [2.05, 4.69) is 65.8 Å². The molecule has 3 rings (SSSR count). The Labute approximate surface area is 145 Å². The summed E-state index contributed by atoms with van der Waals surface area (Å²) >= 11 is 0. The highest BCUT2D eigenvalue weighted by Gasteiger charge is 2.21. The molecule has 0 unspecified atom stereocenters. The van der Waals surface area contributed by atoms with Gasteiger partial charge in [-0.2, -0.15) is 0 Å². The van der Waals surface area contributed by atoms with E-state index in [0.29, 0.717) is 5.92 Å². The van der Waals surface area contributed by atoms with Crippen molar-refractivity contribution in [2.75, 3.05) is 0 Å². The van der Waals surface area contributed by atoms with Crippen molar-refractivity contribution < 1.29 is 4.42 Å². The Morgan fingerprint density at radius 3 is 2.29 bits per heavy atom. The number of aryl methyl sites for hydroxylation is 2. The number of rotatable bonds is 3. The van der Waals surface area contributed by atoms with Crippen molar-refractivity contribution in [3.63, 3.8) is 0 Å². The minimum Gasteiger partial charge on any atom is -0.464 e. The lowest BCUT2D eigenvalue weighted by Gasteiger charge is -2.10. The summed E-state index contributed by atoms with van der Waals surface area (Å²) in [6.07, 6.45) is 1.75. The van der Waals surface area contributed by atoms with Crippen LogP contribution in [0.5, 0.6) is 0 Å². The van der Waals surface area contributed by atoms with E-state index in [1.807, 2.05) is 12.1 Å². The van der Waals surface area contributed by atoms with Crippen LogP contribution >= 0.6 is 0 Å². The molecule has 1 nitrogen and oxygen atoms in total. The van der Waals surface area contributed by atoms with E-state index in [1.54, 1.807) is 6.26 Å². The second kappa shape index (κ2) is 6.32. The maximum atomic E-state index is 5.74. The maximum Gasteiger partial charge on any atom is 0.134 e. The Balaban J connectivity index is 2.31. The SMILES string of the molecule is CC(C)=C(c1ccco1)c1cc(C)c2cc(C(C)C)ccc(C)c1-2. The molecular formula is C23H26O. The van der Waals surface area contributed by atoms with Gasteiger partial charge in [-0.05, 0) is 79.1 Å². The molecule has 0 fully saturated rings. The van der Waals surface area contributed by atoms with Crippen molar-refractivity contribution in [2.24, 2.45) is 0 Å². The van der Waals surface area contributed by atoms with Gasteiger partial charge in [-0.15, -0.1) is 0 Å². The quantitative estimate of drug-likeness (QED) is 0.508. The number of fused-ring (bicyclic) bond motifs is 1. The van der Waals surface area contributed by atoms with Gasteiger partial charge in [-0.1, -0.05) is 43.7 Å². The van der Waals surface area contributed by atoms with Gasteiger partial charge in [0.2, 0.25) is 0 Å². The zero-order chi connectivity index (χ0) is 17.4. The summed E-state index contributed by atoms with van der Waals surface area (Å²) in [6, 6.07) is 13.2. The van der Waals surface area contributed by atoms with Gasteiger partial charge >= 0.3 is 0 Å². The van der Waals surface area contributed by atoms with Gasteiger partial charge in [-0.25, -0.2) is 0 Å². The first kappa shape index (κ1) is 16.6. The lowest BCUT2D eigenvalue weighted by Crippen LogP contribution is -1.90. The summed E-state index contributed by atoms with van der Waals surface area (Å²) in [5.74, 6) is 1.46. The Kier molecular flexibility index (Phi) is 4.36. The maximum absolute atomic E-state index is 5.74. The standard InChI is InChI=1S/C23H26O/c1-14(2)18-10-9-16(5)23-19(13-18)17(6)12-20(23)22(15(3)4)21-8-7-11-24-21/h7-14H,1-6H3. The first-order valence-electron chi connectivity index (χ1n) is 8.65. The highest BCUT2D eigenvalue weighted by atomic mass is 16.3. The molecule has 0 saturated heterocycles. The Morgan fingerprint density at radius 1 is 0.958 bits per heavy atom. The van der Waals surface area contributed by atoms with Gasteiger partial charge in [0.05, 0.1) is 6.26 Å². The molecule has 0 radical (unpaired) electrons. The van der Waals surface area contributed by atoms with Crippen LogP contribution in [0.1, 0.15) is 61.6 Å².